The molecule has 0 saturated carbocycles. The number of amidine groups is 2. The third-order valence-electron chi connectivity index (χ3n) is 4.90. The zero-order valence-corrected chi connectivity index (χ0v) is 17.6. The summed E-state index contributed by atoms with van der Waals surface area (Å²) in [6, 6.07) is 19.6. The molecule has 2 aromatic carbocycles. The van der Waals surface area contributed by atoms with Gasteiger partial charge >= 0.3 is 0 Å². The van der Waals surface area contributed by atoms with Gasteiger partial charge in [0.25, 0.3) is 0 Å². The van der Waals surface area contributed by atoms with Gasteiger partial charge in [0.05, 0.1) is 35.0 Å². The van der Waals surface area contributed by atoms with Crippen molar-refractivity contribution < 1.29 is 8.83 Å². The van der Waals surface area contributed by atoms with Gasteiger partial charge in [-0.1, -0.05) is 24.3 Å². The van der Waals surface area contributed by atoms with E-state index in [0.29, 0.717) is 11.7 Å². The van der Waals surface area contributed by atoms with E-state index in [9.17, 15) is 0 Å². The zero-order chi connectivity index (χ0) is 22.2. The Labute approximate surface area is 186 Å². The summed E-state index contributed by atoms with van der Waals surface area (Å²) < 4.78 is 10.1. The number of nitrogens with one attached hydrogen (secondary N) is 1. The summed E-state index contributed by atoms with van der Waals surface area (Å²) in [5.41, 5.74) is 17.6. The number of rotatable bonds is 9. The topological polar surface area (TPSA) is 115 Å². The minimum absolute atomic E-state index is 0.433. The van der Waals surface area contributed by atoms with Crippen molar-refractivity contribution in [1.29, 1.82) is 0 Å². The van der Waals surface area contributed by atoms with Gasteiger partial charge in [0.15, 0.2) is 0 Å². The maximum atomic E-state index is 6.02. The summed E-state index contributed by atoms with van der Waals surface area (Å²) >= 11 is 0. The first-order valence-corrected chi connectivity index (χ1v) is 10.3. The van der Waals surface area contributed by atoms with Crippen molar-refractivity contribution in [2.75, 3.05) is 6.54 Å². The van der Waals surface area contributed by atoms with Crippen LogP contribution in [0.25, 0.3) is 0 Å². The van der Waals surface area contributed by atoms with Gasteiger partial charge in [0, 0.05) is 6.54 Å². The number of aliphatic imine (C=N–C) groups is 2. The van der Waals surface area contributed by atoms with Crippen LogP contribution in [0, 0.1) is 0 Å². The van der Waals surface area contributed by atoms with Gasteiger partial charge in [-0.2, -0.15) is 0 Å². The summed E-state index contributed by atoms with van der Waals surface area (Å²) in [7, 11) is 0. The Hall–Kier alpha value is -4.10. The lowest BCUT2D eigenvalue weighted by atomic mass is 10.1. The fraction of sp³-hybridized carbons (Fsp3) is 0.120. The lowest BCUT2D eigenvalue weighted by Gasteiger charge is -2.07. The molecule has 2 aromatic heterocycles. The summed E-state index contributed by atoms with van der Waals surface area (Å²) in [6.45, 7) is 1.60. The predicted molar refractivity (Wildman–Crippen MR) is 126 cm³/mol. The molecular formula is C25H25N5O2. The first kappa shape index (κ1) is 21.1. The smallest absolute Gasteiger partial charge is 0.134 e. The average Bonchev–Trinajstić information content (AvgIpc) is 3.53. The highest BCUT2D eigenvalue weighted by Crippen LogP contribution is 2.16. The predicted octanol–water partition coefficient (Wildman–Crippen LogP) is 4.28. The zero-order valence-electron chi connectivity index (χ0n) is 17.6. The number of nitrogens with two attached hydrogens (primary N) is 2. The Morgan fingerprint density at radius 2 is 1.41 bits per heavy atom. The average molecular weight is 428 g/mol. The van der Waals surface area contributed by atoms with Crippen LogP contribution < -0.4 is 16.8 Å². The van der Waals surface area contributed by atoms with Crippen LogP contribution in [0.5, 0.6) is 0 Å². The fourth-order valence-corrected chi connectivity index (χ4v) is 3.17. The summed E-state index contributed by atoms with van der Waals surface area (Å²) in [5.74, 6) is 0.870. The number of hydrogen-bond donors (Lipinski definition) is 3. The molecule has 32 heavy (non-hydrogen) atoms. The second-order valence-corrected chi connectivity index (χ2v) is 7.28. The van der Waals surface area contributed by atoms with Crippen molar-refractivity contribution >= 4 is 23.0 Å². The second-order valence-electron chi connectivity index (χ2n) is 7.28. The molecule has 162 valence electrons. The molecule has 7 nitrogen and oxygen atoms in total. The molecule has 0 unspecified atom stereocenters. The molecule has 0 fully saturated rings. The Balaban J connectivity index is 1.26. The van der Waals surface area contributed by atoms with Crippen LogP contribution in [0.4, 0.5) is 11.4 Å². The van der Waals surface area contributed by atoms with Crippen molar-refractivity contribution in [3.05, 3.63) is 108 Å². The van der Waals surface area contributed by atoms with Crippen LogP contribution in [0.3, 0.4) is 0 Å². The lowest BCUT2D eigenvalue weighted by Crippen LogP contribution is -2.16. The number of hydrogen-bond acceptors (Lipinski definition) is 5. The number of nitrogens with zero attached hydrogens (tertiary/aromatic N) is 2. The van der Waals surface area contributed by atoms with Crippen LogP contribution in [-0.2, 0) is 13.0 Å². The highest BCUT2D eigenvalue weighted by Gasteiger charge is 2.02. The molecule has 0 aliphatic carbocycles. The molecule has 0 aliphatic rings. The van der Waals surface area contributed by atoms with Crippen molar-refractivity contribution in [3.8, 4) is 0 Å². The SMILES string of the molecule is NC(=Nc1ccc(CCNCc2cccc(N=C(N)c3ccoc3)c2)cc1)c1ccoc1. The molecule has 0 atom stereocenters. The Morgan fingerprint density at radius 1 is 0.750 bits per heavy atom. The van der Waals surface area contributed by atoms with Crippen molar-refractivity contribution in [2.24, 2.45) is 21.5 Å². The van der Waals surface area contributed by atoms with Crippen molar-refractivity contribution in [2.45, 2.75) is 13.0 Å². The molecule has 4 rings (SSSR count). The first-order valence-electron chi connectivity index (χ1n) is 10.3. The normalized spacial score (nSPS) is 12.2. The quantitative estimate of drug-likeness (QED) is 0.209. The van der Waals surface area contributed by atoms with Gasteiger partial charge < -0.3 is 25.6 Å². The van der Waals surface area contributed by atoms with Crippen molar-refractivity contribution in [1.82, 2.24) is 5.32 Å². The van der Waals surface area contributed by atoms with Gasteiger partial charge in [-0.05, 0) is 60.5 Å². The number of benzene rings is 2. The molecule has 4 aromatic rings. The molecule has 2 heterocycles. The van der Waals surface area contributed by atoms with Gasteiger partial charge in [-0.25, -0.2) is 9.98 Å². The van der Waals surface area contributed by atoms with E-state index in [-0.39, 0.29) is 0 Å². The van der Waals surface area contributed by atoms with E-state index in [4.69, 9.17) is 20.3 Å². The molecule has 0 saturated heterocycles. The maximum Gasteiger partial charge on any atom is 0.134 e. The second kappa shape index (κ2) is 10.3. The van der Waals surface area contributed by atoms with Crippen LogP contribution >= 0.6 is 0 Å². The van der Waals surface area contributed by atoms with Gasteiger partial charge in [0.1, 0.15) is 24.2 Å². The van der Waals surface area contributed by atoms with Crippen LogP contribution in [-0.4, -0.2) is 18.2 Å². The van der Waals surface area contributed by atoms with E-state index >= 15 is 0 Å². The molecule has 5 N–H and O–H groups in total. The van der Waals surface area contributed by atoms with E-state index in [1.54, 1.807) is 37.2 Å². The minimum atomic E-state index is 0.433. The van der Waals surface area contributed by atoms with Crippen LogP contribution in [0.15, 0.2) is 105 Å². The monoisotopic (exact) mass is 427 g/mol. The summed E-state index contributed by atoms with van der Waals surface area (Å²) in [4.78, 5) is 8.88. The van der Waals surface area contributed by atoms with Crippen LogP contribution in [0.2, 0.25) is 0 Å². The Bertz CT molecular complexity index is 1180. The third-order valence-corrected chi connectivity index (χ3v) is 4.90. The van der Waals surface area contributed by atoms with E-state index in [1.807, 2.05) is 30.3 Å². The van der Waals surface area contributed by atoms with Gasteiger partial charge in [-0.3, -0.25) is 0 Å². The molecule has 0 amide bonds. The molecule has 0 aliphatic heterocycles. The van der Waals surface area contributed by atoms with E-state index in [0.717, 1.165) is 47.6 Å². The first-order chi connectivity index (χ1) is 15.7. The van der Waals surface area contributed by atoms with Gasteiger partial charge in [0.2, 0.25) is 0 Å². The van der Waals surface area contributed by atoms with E-state index in [2.05, 4.69) is 33.5 Å². The molecule has 7 heteroatoms. The molecule has 0 bridgehead atoms. The summed E-state index contributed by atoms with van der Waals surface area (Å²) in [5, 5.41) is 3.47. The van der Waals surface area contributed by atoms with E-state index in [1.165, 1.54) is 5.56 Å². The van der Waals surface area contributed by atoms with E-state index < -0.39 is 0 Å². The highest BCUT2D eigenvalue weighted by atomic mass is 16.3. The third kappa shape index (κ3) is 5.74. The largest absolute Gasteiger partial charge is 0.472 e. The Morgan fingerprint density at radius 3 is 2.03 bits per heavy atom. The molecule has 0 spiro atoms. The van der Waals surface area contributed by atoms with Gasteiger partial charge in [-0.15, -0.1) is 0 Å². The lowest BCUT2D eigenvalue weighted by molar-refractivity contribution is 0.566. The van der Waals surface area contributed by atoms with Crippen LogP contribution in [0.1, 0.15) is 22.3 Å². The molecular weight excluding hydrogens is 402 g/mol. The number of furan rings is 2. The Kier molecular flexibility index (Phi) is 6.79. The minimum Gasteiger partial charge on any atom is -0.472 e. The van der Waals surface area contributed by atoms with Crippen molar-refractivity contribution in [3.63, 3.8) is 0 Å². The standard InChI is InChI=1S/C25H25N5O2/c26-24(20-9-12-31-16-20)29-22-6-4-18(5-7-22)8-11-28-15-19-2-1-3-23(14-19)30-25(27)21-10-13-32-17-21/h1-7,9-10,12-14,16-17,28H,8,11,15H2,(H2,26,29)(H2,27,30). The molecule has 0 radical (unpaired) electrons. The fourth-order valence-electron chi connectivity index (χ4n) is 3.17. The summed E-state index contributed by atoms with van der Waals surface area (Å²) in [6.07, 6.45) is 7.23. The maximum absolute atomic E-state index is 6.02. The highest BCUT2D eigenvalue weighted by molar-refractivity contribution is 5.99.